The van der Waals surface area contributed by atoms with E-state index in [-0.39, 0.29) is 5.91 Å². The number of nitrogens with one attached hydrogen (secondary N) is 1. The van der Waals surface area contributed by atoms with Crippen molar-refractivity contribution >= 4 is 23.4 Å². The van der Waals surface area contributed by atoms with Gasteiger partial charge in [-0.25, -0.2) is 9.97 Å². The second kappa shape index (κ2) is 8.49. The number of rotatable bonds is 6. The molecule has 0 aliphatic carbocycles. The molecule has 132 valence electrons. The summed E-state index contributed by atoms with van der Waals surface area (Å²) in [4.78, 5) is 21.0. The van der Waals surface area contributed by atoms with Crippen molar-refractivity contribution in [2.45, 2.75) is 18.7 Å². The normalized spacial score (nSPS) is 10.4. The van der Waals surface area contributed by atoms with E-state index in [9.17, 15) is 4.79 Å². The van der Waals surface area contributed by atoms with Gasteiger partial charge in [0.05, 0.1) is 0 Å². The van der Waals surface area contributed by atoms with Gasteiger partial charge in [0.25, 0.3) is 5.91 Å². The van der Waals surface area contributed by atoms with Crippen LogP contribution in [0.1, 0.15) is 21.7 Å². The van der Waals surface area contributed by atoms with E-state index in [1.165, 1.54) is 11.8 Å². The Morgan fingerprint density at radius 2 is 1.88 bits per heavy atom. The van der Waals surface area contributed by atoms with Gasteiger partial charge in [0.15, 0.2) is 5.16 Å². The first kappa shape index (κ1) is 17.9. The van der Waals surface area contributed by atoms with Gasteiger partial charge in [-0.15, -0.1) is 0 Å². The summed E-state index contributed by atoms with van der Waals surface area (Å²) in [6.07, 6.45) is 1.88. The van der Waals surface area contributed by atoms with Crippen LogP contribution in [-0.4, -0.2) is 22.1 Å². The zero-order chi connectivity index (χ0) is 18.4. The molecule has 0 aliphatic heterocycles. The summed E-state index contributed by atoms with van der Waals surface area (Å²) in [5, 5.41) is 3.46. The maximum Gasteiger partial charge on any atom is 0.274 e. The Morgan fingerprint density at radius 3 is 2.65 bits per heavy atom. The number of aryl methyl sites for hydroxylation is 1. The fourth-order valence-corrected chi connectivity index (χ4v) is 2.79. The van der Waals surface area contributed by atoms with Gasteiger partial charge in [0, 0.05) is 11.4 Å². The lowest BCUT2D eigenvalue weighted by Gasteiger charge is -2.09. The molecular weight excluding hydrogens is 346 g/mol. The van der Waals surface area contributed by atoms with E-state index in [4.69, 9.17) is 4.74 Å². The largest absolute Gasteiger partial charge is 0.489 e. The first-order valence-corrected chi connectivity index (χ1v) is 9.34. The Bertz CT molecular complexity index is 901. The third kappa shape index (κ3) is 4.83. The molecule has 1 amide bonds. The summed E-state index contributed by atoms with van der Waals surface area (Å²) in [6, 6.07) is 18.9. The molecule has 0 spiro atoms. The number of aromatic nitrogens is 2. The van der Waals surface area contributed by atoms with Crippen molar-refractivity contribution in [2.75, 3.05) is 11.6 Å². The smallest absolute Gasteiger partial charge is 0.274 e. The van der Waals surface area contributed by atoms with Crippen LogP contribution in [0, 0.1) is 6.92 Å². The zero-order valence-corrected chi connectivity index (χ0v) is 15.4. The van der Waals surface area contributed by atoms with Gasteiger partial charge in [-0.1, -0.05) is 42.1 Å². The molecule has 0 atom stereocenters. The topological polar surface area (TPSA) is 64.1 Å². The third-order valence-corrected chi connectivity index (χ3v) is 4.13. The van der Waals surface area contributed by atoms with Gasteiger partial charge in [-0.05, 0) is 49.1 Å². The third-order valence-electron chi connectivity index (χ3n) is 3.58. The van der Waals surface area contributed by atoms with E-state index in [1.54, 1.807) is 6.07 Å². The van der Waals surface area contributed by atoms with Crippen LogP contribution >= 0.6 is 11.8 Å². The lowest BCUT2D eigenvalue weighted by atomic mass is 10.2. The first-order chi connectivity index (χ1) is 12.6. The molecule has 0 unspecified atom stereocenters. The van der Waals surface area contributed by atoms with E-state index < -0.39 is 0 Å². The average Bonchev–Trinajstić information content (AvgIpc) is 2.67. The molecule has 0 saturated heterocycles. The van der Waals surface area contributed by atoms with Gasteiger partial charge in [0.2, 0.25) is 0 Å². The summed E-state index contributed by atoms with van der Waals surface area (Å²) < 4.78 is 5.75. The highest BCUT2D eigenvalue weighted by atomic mass is 32.2. The number of benzene rings is 2. The predicted octanol–water partition coefficient (Wildman–Crippen LogP) is 4.34. The molecule has 0 saturated carbocycles. The van der Waals surface area contributed by atoms with Crippen LogP contribution in [0.4, 0.5) is 5.69 Å². The van der Waals surface area contributed by atoms with E-state index >= 15 is 0 Å². The van der Waals surface area contributed by atoms with Crippen molar-refractivity contribution < 1.29 is 9.53 Å². The van der Waals surface area contributed by atoms with Gasteiger partial charge in [-0.2, -0.15) is 0 Å². The molecule has 3 rings (SSSR count). The number of carbonyl (C=O) groups excluding carboxylic acids is 1. The molecular formula is C20H19N3O2S. The predicted molar refractivity (Wildman–Crippen MR) is 104 cm³/mol. The second-order valence-corrected chi connectivity index (χ2v) is 6.41. The lowest BCUT2D eigenvalue weighted by molar-refractivity contribution is 0.102. The van der Waals surface area contributed by atoms with Crippen molar-refractivity contribution in [3.8, 4) is 5.75 Å². The highest BCUT2D eigenvalue weighted by Gasteiger charge is 2.11. The van der Waals surface area contributed by atoms with Crippen LogP contribution in [0.25, 0.3) is 0 Å². The monoisotopic (exact) mass is 365 g/mol. The molecule has 0 aliphatic rings. The van der Waals surface area contributed by atoms with Gasteiger partial charge in [-0.3, -0.25) is 4.79 Å². The van der Waals surface area contributed by atoms with Crippen molar-refractivity contribution in [1.29, 1.82) is 0 Å². The highest BCUT2D eigenvalue weighted by molar-refractivity contribution is 7.98. The van der Waals surface area contributed by atoms with Crippen molar-refractivity contribution in [2.24, 2.45) is 0 Å². The summed E-state index contributed by atoms with van der Waals surface area (Å²) >= 11 is 1.41. The minimum atomic E-state index is -0.257. The molecule has 6 heteroatoms. The highest BCUT2D eigenvalue weighted by Crippen LogP contribution is 2.16. The van der Waals surface area contributed by atoms with Crippen LogP contribution < -0.4 is 10.1 Å². The zero-order valence-electron chi connectivity index (χ0n) is 14.6. The number of amides is 1. The van der Waals surface area contributed by atoms with E-state index in [0.29, 0.717) is 23.1 Å². The Morgan fingerprint density at radius 1 is 1.08 bits per heavy atom. The number of nitrogens with zero attached hydrogens (tertiary/aromatic N) is 2. The number of anilines is 1. The number of carbonyl (C=O) groups is 1. The summed E-state index contributed by atoms with van der Waals surface area (Å²) in [6.45, 7) is 2.27. The number of para-hydroxylation sites is 1. The molecule has 0 bridgehead atoms. The Hall–Kier alpha value is -2.86. The van der Waals surface area contributed by atoms with Gasteiger partial charge in [0.1, 0.15) is 18.1 Å². The number of hydrogen-bond acceptors (Lipinski definition) is 5. The van der Waals surface area contributed by atoms with E-state index in [1.807, 2.05) is 67.8 Å². The standard InChI is InChI=1S/C20H19N3O2S/c1-14-11-18(23-20(21-14)26-2)19(24)22-16-8-6-7-15(12-16)13-25-17-9-4-3-5-10-17/h3-12H,13H2,1-2H3,(H,22,24). The fraction of sp³-hybridized carbons (Fsp3) is 0.150. The van der Waals surface area contributed by atoms with Crippen LogP contribution in [-0.2, 0) is 6.61 Å². The van der Waals surface area contributed by atoms with Gasteiger partial charge < -0.3 is 10.1 Å². The molecule has 3 aromatic rings. The molecule has 0 fully saturated rings. The Kier molecular flexibility index (Phi) is 5.86. The van der Waals surface area contributed by atoms with Gasteiger partial charge >= 0.3 is 0 Å². The maximum atomic E-state index is 12.5. The van der Waals surface area contributed by atoms with Crippen LogP contribution in [0.5, 0.6) is 5.75 Å². The lowest BCUT2D eigenvalue weighted by Crippen LogP contribution is -2.15. The van der Waals surface area contributed by atoms with E-state index in [2.05, 4.69) is 15.3 Å². The minimum Gasteiger partial charge on any atom is -0.489 e. The van der Waals surface area contributed by atoms with Crippen LogP contribution in [0.15, 0.2) is 65.8 Å². The first-order valence-electron chi connectivity index (χ1n) is 8.12. The summed E-state index contributed by atoms with van der Waals surface area (Å²) in [5.41, 5.74) is 2.79. The maximum absolute atomic E-state index is 12.5. The Balaban J connectivity index is 1.68. The molecule has 5 nitrogen and oxygen atoms in total. The number of ether oxygens (including phenoxy) is 1. The molecule has 2 aromatic carbocycles. The van der Waals surface area contributed by atoms with Crippen molar-refractivity contribution in [1.82, 2.24) is 9.97 Å². The molecule has 1 N–H and O–H groups in total. The average molecular weight is 365 g/mol. The molecule has 26 heavy (non-hydrogen) atoms. The SMILES string of the molecule is CSc1nc(C)cc(C(=O)Nc2cccc(COc3ccccc3)c2)n1. The summed E-state index contributed by atoms with van der Waals surface area (Å²) in [7, 11) is 0. The second-order valence-electron chi connectivity index (χ2n) is 5.64. The summed E-state index contributed by atoms with van der Waals surface area (Å²) in [5.74, 6) is 0.551. The molecule has 1 heterocycles. The van der Waals surface area contributed by atoms with E-state index in [0.717, 1.165) is 17.0 Å². The fourth-order valence-electron chi connectivity index (χ4n) is 2.37. The van der Waals surface area contributed by atoms with Crippen molar-refractivity contribution in [3.63, 3.8) is 0 Å². The quantitative estimate of drug-likeness (QED) is 0.520. The van der Waals surface area contributed by atoms with Crippen LogP contribution in [0.2, 0.25) is 0 Å². The number of hydrogen-bond donors (Lipinski definition) is 1. The van der Waals surface area contributed by atoms with Crippen LogP contribution in [0.3, 0.4) is 0 Å². The minimum absolute atomic E-state index is 0.257. The number of thioether (sulfide) groups is 1. The molecule has 1 aromatic heterocycles. The Labute approximate surface area is 156 Å². The van der Waals surface area contributed by atoms with Crippen molar-refractivity contribution in [3.05, 3.63) is 77.6 Å². The molecule has 0 radical (unpaired) electrons.